The fourth-order valence-corrected chi connectivity index (χ4v) is 5.46. The number of halogens is 1. The van der Waals surface area contributed by atoms with Crippen LogP contribution in [-0.4, -0.2) is 37.3 Å². The highest BCUT2D eigenvalue weighted by Crippen LogP contribution is 2.37. The molecule has 0 aliphatic carbocycles. The molecule has 35 heavy (non-hydrogen) atoms. The third kappa shape index (κ3) is 5.07. The minimum Gasteiger partial charge on any atom is -0.495 e. The summed E-state index contributed by atoms with van der Waals surface area (Å²) >= 11 is 6.37. The molecule has 1 aliphatic rings. The molecule has 0 spiro atoms. The van der Waals surface area contributed by atoms with Crippen LogP contribution in [0.15, 0.2) is 47.5 Å². The highest BCUT2D eigenvalue weighted by atomic mass is 35.5. The molecule has 0 atom stereocenters. The van der Waals surface area contributed by atoms with Crippen LogP contribution in [-0.2, 0) is 21.8 Å². The number of rotatable bonds is 7. The van der Waals surface area contributed by atoms with Crippen LogP contribution in [0, 0.1) is 0 Å². The monoisotopic (exact) mass is 515 g/mol. The van der Waals surface area contributed by atoms with Gasteiger partial charge in [0.25, 0.3) is 0 Å². The Morgan fingerprint density at radius 3 is 2.60 bits per heavy atom. The van der Waals surface area contributed by atoms with E-state index in [4.69, 9.17) is 16.3 Å². The maximum atomic E-state index is 12.8. The summed E-state index contributed by atoms with van der Waals surface area (Å²) in [5.41, 5.74) is 3.39. The Morgan fingerprint density at radius 1 is 1.14 bits per heavy atom. The second kappa shape index (κ2) is 9.64. The third-order valence-electron chi connectivity index (χ3n) is 6.12. The van der Waals surface area contributed by atoms with Gasteiger partial charge in [0.15, 0.2) is 15.7 Å². The zero-order chi connectivity index (χ0) is 25.4. The molecule has 1 aromatic heterocycles. The van der Waals surface area contributed by atoms with Crippen molar-refractivity contribution in [3.63, 3.8) is 0 Å². The van der Waals surface area contributed by atoms with E-state index in [1.165, 1.54) is 17.3 Å². The van der Waals surface area contributed by atoms with Gasteiger partial charge in [-0.05, 0) is 76.1 Å². The lowest BCUT2D eigenvalue weighted by molar-refractivity contribution is 0.374. The number of ether oxygens (including phenoxy) is 1. The van der Waals surface area contributed by atoms with Gasteiger partial charge in [-0.15, -0.1) is 0 Å². The van der Waals surface area contributed by atoms with Crippen molar-refractivity contribution in [2.24, 2.45) is 0 Å². The minimum atomic E-state index is -3.51. The summed E-state index contributed by atoms with van der Waals surface area (Å²) in [7, 11) is -1.89. The second-order valence-corrected chi connectivity index (χ2v) is 12.1. The van der Waals surface area contributed by atoms with Gasteiger partial charge in [0, 0.05) is 5.54 Å². The van der Waals surface area contributed by atoms with Gasteiger partial charge in [-0.1, -0.05) is 23.7 Å². The number of anilines is 4. The van der Waals surface area contributed by atoms with Gasteiger partial charge in [-0.25, -0.2) is 13.4 Å². The van der Waals surface area contributed by atoms with E-state index in [2.05, 4.69) is 45.8 Å². The first-order valence-electron chi connectivity index (χ1n) is 11.4. The first kappa shape index (κ1) is 25.2. The Hall–Kier alpha value is -2.88. The van der Waals surface area contributed by atoms with Gasteiger partial charge in [-0.3, -0.25) is 0 Å². The lowest BCUT2D eigenvalue weighted by atomic mass is 9.85. The summed E-state index contributed by atoms with van der Waals surface area (Å²) in [5.74, 6) is 1.26. The van der Waals surface area contributed by atoms with Crippen molar-refractivity contribution in [2.75, 3.05) is 24.3 Å². The largest absolute Gasteiger partial charge is 0.495 e. The Kier molecular flexibility index (Phi) is 6.95. The van der Waals surface area contributed by atoms with Crippen LogP contribution in [0.5, 0.6) is 5.75 Å². The molecule has 3 N–H and O–H groups in total. The molecule has 0 amide bonds. The number of hydrogen-bond acceptors (Lipinski definition) is 8. The van der Waals surface area contributed by atoms with Crippen molar-refractivity contribution in [1.29, 1.82) is 0 Å². The van der Waals surface area contributed by atoms with Crippen molar-refractivity contribution in [2.45, 2.75) is 49.8 Å². The van der Waals surface area contributed by atoms with Crippen LogP contribution in [0.4, 0.5) is 23.1 Å². The molecule has 0 saturated carbocycles. The molecule has 2 heterocycles. The number of nitrogens with one attached hydrogen (secondary N) is 3. The summed E-state index contributed by atoms with van der Waals surface area (Å²) < 4.78 is 31.3. The van der Waals surface area contributed by atoms with Crippen molar-refractivity contribution in [3.8, 4) is 5.75 Å². The normalized spacial score (nSPS) is 14.9. The standard InChI is InChI=1S/C25H30ClN5O3S/c1-15(2)35(32,33)22-9-7-6-8-19(22)29-23-18(26)14-27-24(31-23)30-20-12-16-10-11-28-25(3,4)17(16)13-21(20)34-5/h6-9,12-15,28H,10-11H2,1-5H3,(H2,27,29,30,31). The van der Waals surface area contributed by atoms with E-state index in [0.29, 0.717) is 17.4 Å². The van der Waals surface area contributed by atoms with E-state index in [1.807, 2.05) is 6.07 Å². The van der Waals surface area contributed by atoms with E-state index < -0.39 is 15.1 Å². The van der Waals surface area contributed by atoms with E-state index in [1.54, 1.807) is 45.2 Å². The van der Waals surface area contributed by atoms with Gasteiger partial charge >= 0.3 is 0 Å². The van der Waals surface area contributed by atoms with Gasteiger partial charge < -0.3 is 20.7 Å². The molecule has 10 heteroatoms. The Morgan fingerprint density at radius 2 is 1.89 bits per heavy atom. The molecule has 8 nitrogen and oxygen atoms in total. The summed E-state index contributed by atoms with van der Waals surface area (Å²) in [6.45, 7) is 8.48. The summed E-state index contributed by atoms with van der Waals surface area (Å²) in [6.07, 6.45) is 2.36. The van der Waals surface area contributed by atoms with Crippen LogP contribution in [0.1, 0.15) is 38.8 Å². The van der Waals surface area contributed by atoms with Crippen LogP contribution in [0.3, 0.4) is 0 Å². The zero-order valence-corrected chi connectivity index (χ0v) is 22.0. The number of methoxy groups -OCH3 is 1. The second-order valence-electron chi connectivity index (χ2n) is 9.24. The van der Waals surface area contributed by atoms with Gasteiger partial charge in [-0.2, -0.15) is 4.98 Å². The first-order chi connectivity index (χ1) is 16.5. The van der Waals surface area contributed by atoms with Crippen molar-refractivity contribution in [3.05, 3.63) is 58.7 Å². The third-order valence-corrected chi connectivity index (χ3v) is 8.60. The number of para-hydroxylation sites is 1. The molecule has 1 aliphatic heterocycles. The average molecular weight is 516 g/mol. The fraction of sp³-hybridized carbons (Fsp3) is 0.360. The Bertz CT molecular complexity index is 1360. The highest BCUT2D eigenvalue weighted by molar-refractivity contribution is 7.92. The molecule has 2 aromatic carbocycles. The molecule has 186 valence electrons. The van der Waals surface area contributed by atoms with Crippen molar-refractivity contribution in [1.82, 2.24) is 15.3 Å². The number of benzene rings is 2. The molecule has 0 radical (unpaired) electrons. The van der Waals surface area contributed by atoms with Gasteiger partial charge in [0.1, 0.15) is 10.8 Å². The van der Waals surface area contributed by atoms with Crippen LogP contribution >= 0.6 is 11.6 Å². The van der Waals surface area contributed by atoms with E-state index in [9.17, 15) is 8.42 Å². The van der Waals surface area contributed by atoms with Crippen LogP contribution in [0.2, 0.25) is 5.02 Å². The summed E-state index contributed by atoms with van der Waals surface area (Å²) in [4.78, 5) is 9.02. The van der Waals surface area contributed by atoms with Crippen LogP contribution in [0.25, 0.3) is 0 Å². The summed E-state index contributed by atoms with van der Waals surface area (Å²) in [6, 6.07) is 10.8. The first-order valence-corrected chi connectivity index (χ1v) is 13.3. The number of hydrogen-bond donors (Lipinski definition) is 3. The number of fused-ring (bicyclic) bond motifs is 1. The van der Waals surface area contributed by atoms with E-state index in [0.717, 1.165) is 18.7 Å². The molecule has 3 aromatic rings. The molecular formula is C25H30ClN5O3S. The SMILES string of the molecule is COc1cc2c(cc1Nc1ncc(Cl)c(Nc3ccccc3S(=O)(=O)C(C)C)n1)CCNC2(C)C. The predicted molar refractivity (Wildman–Crippen MR) is 140 cm³/mol. The topological polar surface area (TPSA) is 105 Å². The molecule has 0 saturated heterocycles. The number of sulfone groups is 1. The smallest absolute Gasteiger partial charge is 0.229 e. The van der Waals surface area contributed by atoms with Crippen molar-refractivity contribution < 1.29 is 13.2 Å². The number of nitrogens with zero attached hydrogens (tertiary/aromatic N) is 2. The maximum Gasteiger partial charge on any atom is 0.229 e. The summed E-state index contributed by atoms with van der Waals surface area (Å²) in [5, 5.41) is 9.53. The molecule has 0 unspecified atom stereocenters. The maximum absolute atomic E-state index is 12.8. The van der Waals surface area contributed by atoms with Crippen molar-refractivity contribution >= 4 is 44.6 Å². The van der Waals surface area contributed by atoms with E-state index >= 15 is 0 Å². The molecule has 4 rings (SSSR count). The lowest BCUT2D eigenvalue weighted by Crippen LogP contribution is -2.42. The van der Waals surface area contributed by atoms with Gasteiger partial charge in [0.05, 0.1) is 34.8 Å². The highest BCUT2D eigenvalue weighted by Gasteiger charge is 2.28. The van der Waals surface area contributed by atoms with Gasteiger partial charge in [0.2, 0.25) is 5.95 Å². The quantitative estimate of drug-likeness (QED) is 0.395. The lowest BCUT2D eigenvalue weighted by Gasteiger charge is -2.34. The molecular weight excluding hydrogens is 486 g/mol. The Labute approximate surface area is 211 Å². The average Bonchev–Trinajstić information content (AvgIpc) is 2.81. The zero-order valence-electron chi connectivity index (χ0n) is 20.4. The molecule has 0 bridgehead atoms. The molecule has 0 fully saturated rings. The predicted octanol–water partition coefficient (Wildman–Crippen LogP) is 5.19. The Balaban J connectivity index is 1.68. The van der Waals surface area contributed by atoms with E-state index in [-0.39, 0.29) is 21.3 Å². The fourth-order valence-electron chi connectivity index (χ4n) is 4.12. The number of aromatic nitrogens is 2. The van der Waals surface area contributed by atoms with Crippen LogP contribution < -0.4 is 20.7 Å². The minimum absolute atomic E-state index is 0.156.